The van der Waals surface area contributed by atoms with Gasteiger partial charge in [-0.25, -0.2) is 8.42 Å². The van der Waals surface area contributed by atoms with E-state index in [0.717, 1.165) is 50.4 Å². The summed E-state index contributed by atoms with van der Waals surface area (Å²) in [6, 6.07) is 0. The van der Waals surface area contributed by atoms with E-state index in [1.54, 1.807) is 0 Å². The lowest BCUT2D eigenvalue weighted by Crippen LogP contribution is -2.47. The molecule has 1 aromatic heterocycles. The third-order valence-corrected chi connectivity index (χ3v) is 11.3. The molecule has 1 aromatic rings. The predicted octanol–water partition coefficient (Wildman–Crippen LogP) is 4.27. The Labute approximate surface area is 198 Å². The molecule has 0 aromatic carbocycles. The summed E-state index contributed by atoms with van der Waals surface area (Å²) >= 11 is 0. The van der Waals surface area contributed by atoms with E-state index in [1.165, 1.54) is 49.0 Å². The van der Waals surface area contributed by atoms with Gasteiger partial charge in [-0.3, -0.25) is 9.48 Å². The molecule has 4 aliphatic rings. The van der Waals surface area contributed by atoms with Crippen molar-refractivity contribution in [1.82, 2.24) is 9.78 Å². The SMILES string of the molecule is C[C@@]1(O)CCC2[C@@H](CCC[C@H]3[C@@H]2CC[C@]2(C)[C@@H](C(=O)Cn4cc(S(C)(=O)=O)cn4)CC[C@@H]32)C1. The van der Waals surface area contributed by atoms with Crippen LogP contribution in [0, 0.1) is 40.9 Å². The van der Waals surface area contributed by atoms with Crippen molar-refractivity contribution in [3.63, 3.8) is 0 Å². The van der Waals surface area contributed by atoms with E-state index in [0.29, 0.717) is 17.8 Å². The first-order valence-corrected chi connectivity index (χ1v) is 14.8. The number of hydrogen-bond acceptors (Lipinski definition) is 5. The lowest BCUT2D eigenvalue weighted by molar-refractivity contribution is -0.130. The van der Waals surface area contributed by atoms with Crippen LogP contribution in [-0.2, 0) is 21.2 Å². The smallest absolute Gasteiger partial charge is 0.178 e. The second-order valence-electron chi connectivity index (χ2n) is 12.3. The summed E-state index contributed by atoms with van der Waals surface area (Å²) in [4.78, 5) is 13.6. The highest BCUT2D eigenvalue weighted by atomic mass is 32.2. The normalized spacial score (nSPS) is 43.3. The average molecular weight is 477 g/mol. The highest BCUT2D eigenvalue weighted by Gasteiger charge is 2.57. The Kier molecular flexibility index (Phi) is 5.83. The van der Waals surface area contributed by atoms with E-state index < -0.39 is 15.4 Å². The van der Waals surface area contributed by atoms with Gasteiger partial charge >= 0.3 is 0 Å². The molecule has 1 heterocycles. The fourth-order valence-electron chi connectivity index (χ4n) is 8.71. The Morgan fingerprint density at radius 2 is 1.85 bits per heavy atom. The van der Waals surface area contributed by atoms with Crippen molar-refractivity contribution in [3.8, 4) is 0 Å². The van der Waals surface area contributed by atoms with Crippen LogP contribution in [-0.4, -0.2) is 40.9 Å². The van der Waals surface area contributed by atoms with E-state index in [2.05, 4.69) is 12.0 Å². The van der Waals surface area contributed by atoms with Crippen molar-refractivity contribution in [2.24, 2.45) is 40.9 Å². The first-order chi connectivity index (χ1) is 15.5. The number of fused-ring (bicyclic) bond motifs is 5. The number of Topliss-reactive ketones (excluding diaryl/α,β-unsaturated/α-hetero) is 1. The van der Waals surface area contributed by atoms with Crippen LogP contribution in [0.2, 0.25) is 0 Å². The minimum absolute atomic E-state index is 0.0421. The van der Waals surface area contributed by atoms with Crippen molar-refractivity contribution >= 4 is 15.6 Å². The summed E-state index contributed by atoms with van der Waals surface area (Å²) in [5, 5.41) is 14.8. The van der Waals surface area contributed by atoms with Crippen LogP contribution in [0.25, 0.3) is 0 Å². The van der Waals surface area contributed by atoms with Crippen LogP contribution < -0.4 is 0 Å². The third kappa shape index (κ3) is 4.22. The van der Waals surface area contributed by atoms with E-state index in [-0.39, 0.29) is 28.6 Å². The van der Waals surface area contributed by atoms with Gasteiger partial charge in [0.05, 0.1) is 18.3 Å². The fourth-order valence-corrected chi connectivity index (χ4v) is 9.26. The molecule has 184 valence electrons. The molecule has 0 bridgehead atoms. The first-order valence-electron chi connectivity index (χ1n) is 13.0. The molecule has 0 saturated heterocycles. The van der Waals surface area contributed by atoms with Gasteiger partial charge in [0.15, 0.2) is 15.6 Å². The maximum absolute atomic E-state index is 13.4. The number of carbonyl (C=O) groups is 1. The summed E-state index contributed by atoms with van der Waals surface area (Å²) in [5.74, 6) is 3.73. The average Bonchev–Trinajstić information content (AvgIpc) is 3.28. The number of nitrogens with zero attached hydrogens (tertiary/aromatic N) is 2. The van der Waals surface area contributed by atoms with Crippen molar-refractivity contribution in [3.05, 3.63) is 12.4 Å². The highest BCUT2D eigenvalue weighted by molar-refractivity contribution is 7.90. The van der Waals surface area contributed by atoms with Crippen molar-refractivity contribution in [2.75, 3.05) is 6.26 Å². The van der Waals surface area contributed by atoms with E-state index in [9.17, 15) is 18.3 Å². The highest BCUT2D eigenvalue weighted by Crippen LogP contribution is 2.63. The topological polar surface area (TPSA) is 89.3 Å². The fraction of sp³-hybridized carbons (Fsp3) is 0.846. The Bertz CT molecular complexity index is 1020. The summed E-state index contributed by atoms with van der Waals surface area (Å²) in [5.41, 5.74) is -0.441. The second-order valence-corrected chi connectivity index (χ2v) is 14.3. The van der Waals surface area contributed by atoms with Crippen LogP contribution in [0.5, 0.6) is 0 Å². The van der Waals surface area contributed by atoms with Crippen LogP contribution in [0.15, 0.2) is 17.3 Å². The van der Waals surface area contributed by atoms with Gasteiger partial charge in [-0.15, -0.1) is 0 Å². The lowest BCUT2D eigenvalue weighted by Gasteiger charge is -2.52. The molecule has 7 heteroatoms. The number of carbonyl (C=O) groups excluding carboxylic acids is 1. The number of aliphatic hydroxyl groups is 1. The molecule has 5 rings (SSSR count). The zero-order chi connectivity index (χ0) is 23.6. The zero-order valence-electron chi connectivity index (χ0n) is 20.4. The van der Waals surface area contributed by atoms with Gasteiger partial charge in [0, 0.05) is 18.4 Å². The van der Waals surface area contributed by atoms with E-state index in [4.69, 9.17) is 0 Å². The Hall–Kier alpha value is -1.21. The molecule has 0 aliphatic heterocycles. The third-order valence-electron chi connectivity index (χ3n) is 10.2. The van der Waals surface area contributed by atoms with Gasteiger partial charge in [0.2, 0.25) is 0 Å². The van der Waals surface area contributed by atoms with E-state index >= 15 is 0 Å². The number of rotatable bonds is 4. The molecular weight excluding hydrogens is 436 g/mol. The molecule has 0 amide bonds. The maximum Gasteiger partial charge on any atom is 0.178 e. The molecule has 1 unspecified atom stereocenters. The van der Waals surface area contributed by atoms with Gasteiger partial charge in [-0.2, -0.15) is 5.10 Å². The predicted molar refractivity (Wildman–Crippen MR) is 126 cm³/mol. The molecule has 1 N–H and O–H groups in total. The number of aromatic nitrogens is 2. The Balaban J connectivity index is 1.32. The minimum atomic E-state index is -3.31. The van der Waals surface area contributed by atoms with Crippen molar-refractivity contribution in [1.29, 1.82) is 0 Å². The van der Waals surface area contributed by atoms with Gasteiger partial charge in [-0.05, 0) is 93.3 Å². The standard InChI is InChI=1S/C26H40N2O4S/c1-25(30)11-9-19-17(13-25)5-4-6-21-20(19)10-12-26(2)22(21)7-8-23(26)24(29)16-28-15-18(14-27-28)33(3,31)32/h14-15,17,19-23,30H,4-13,16H2,1-3H3/t17-,19?,20+,21-,22-,23+,25+,26-/m0/s1. The monoisotopic (exact) mass is 476 g/mol. The Morgan fingerprint density at radius 1 is 1.09 bits per heavy atom. The van der Waals surface area contributed by atoms with Crippen LogP contribution in [0.3, 0.4) is 0 Å². The van der Waals surface area contributed by atoms with Gasteiger partial charge in [-0.1, -0.05) is 19.8 Å². The van der Waals surface area contributed by atoms with Crippen molar-refractivity contribution in [2.45, 2.75) is 95.1 Å². The lowest BCUT2D eigenvalue weighted by atomic mass is 9.53. The van der Waals surface area contributed by atoms with Crippen LogP contribution in [0.1, 0.15) is 78.1 Å². The molecule has 0 spiro atoms. The number of ketones is 1. The zero-order valence-corrected chi connectivity index (χ0v) is 21.2. The largest absolute Gasteiger partial charge is 0.390 e. The van der Waals surface area contributed by atoms with Crippen LogP contribution >= 0.6 is 0 Å². The summed E-state index contributed by atoms with van der Waals surface area (Å²) in [6.45, 7) is 4.55. The van der Waals surface area contributed by atoms with Gasteiger partial charge in [0.1, 0.15) is 4.90 Å². The number of sulfone groups is 1. The molecular formula is C26H40N2O4S. The first kappa shape index (κ1) is 23.5. The summed E-state index contributed by atoms with van der Waals surface area (Å²) in [7, 11) is -3.31. The number of hydrogen-bond donors (Lipinski definition) is 1. The molecule has 0 radical (unpaired) electrons. The summed E-state index contributed by atoms with van der Waals surface area (Å²) < 4.78 is 25.1. The second kappa shape index (κ2) is 8.18. The molecule has 4 fully saturated rings. The molecule has 4 aliphatic carbocycles. The van der Waals surface area contributed by atoms with Crippen molar-refractivity contribution < 1.29 is 18.3 Å². The molecule has 8 atom stereocenters. The summed E-state index contributed by atoms with van der Waals surface area (Å²) in [6.07, 6.45) is 15.2. The van der Waals surface area contributed by atoms with Crippen LogP contribution in [0.4, 0.5) is 0 Å². The maximum atomic E-state index is 13.4. The van der Waals surface area contributed by atoms with Gasteiger partial charge in [0.25, 0.3) is 0 Å². The molecule has 6 nitrogen and oxygen atoms in total. The van der Waals surface area contributed by atoms with E-state index in [1.807, 2.05) is 6.92 Å². The van der Waals surface area contributed by atoms with Gasteiger partial charge < -0.3 is 5.11 Å². The molecule has 4 saturated carbocycles. The Morgan fingerprint density at radius 3 is 2.58 bits per heavy atom. The quantitative estimate of drug-likeness (QED) is 0.701. The minimum Gasteiger partial charge on any atom is -0.390 e. The molecule has 33 heavy (non-hydrogen) atoms.